The Balaban J connectivity index is 1.61. The van der Waals surface area contributed by atoms with E-state index >= 15 is 0 Å². The molecule has 0 amide bonds. The molecular formula is C23H30O4. The van der Waals surface area contributed by atoms with Crippen molar-refractivity contribution in [2.75, 3.05) is 6.61 Å². The smallest absolute Gasteiger partial charge is 0.309 e. The van der Waals surface area contributed by atoms with E-state index in [1.165, 1.54) is 0 Å². The molecule has 0 radical (unpaired) electrons. The monoisotopic (exact) mass is 370 g/mol. The van der Waals surface area contributed by atoms with E-state index < -0.39 is 0 Å². The fourth-order valence-electron chi connectivity index (χ4n) is 6.64. The zero-order chi connectivity index (χ0) is 19.4. The summed E-state index contributed by atoms with van der Waals surface area (Å²) in [4.78, 5) is 38.0. The average molecular weight is 370 g/mol. The maximum absolute atomic E-state index is 13.1. The highest BCUT2D eigenvalue weighted by molar-refractivity contribution is 5.97. The number of Topliss-reactive ketones (excluding diaryl/α,β-unsaturated/α-hetero) is 1. The first-order chi connectivity index (χ1) is 12.8. The molecule has 0 heterocycles. The van der Waals surface area contributed by atoms with Crippen molar-refractivity contribution in [1.82, 2.24) is 0 Å². The molecule has 27 heavy (non-hydrogen) atoms. The Morgan fingerprint density at radius 2 is 1.89 bits per heavy atom. The molecule has 146 valence electrons. The van der Waals surface area contributed by atoms with E-state index in [9.17, 15) is 14.4 Å². The van der Waals surface area contributed by atoms with E-state index in [0.29, 0.717) is 24.5 Å². The van der Waals surface area contributed by atoms with E-state index in [1.54, 1.807) is 6.08 Å². The molecule has 0 N–H and O–H groups in total. The molecule has 4 aliphatic carbocycles. The Morgan fingerprint density at radius 3 is 2.63 bits per heavy atom. The van der Waals surface area contributed by atoms with Crippen molar-refractivity contribution in [3.63, 3.8) is 0 Å². The lowest BCUT2D eigenvalue weighted by molar-refractivity contribution is -0.150. The molecule has 6 atom stereocenters. The van der Waals surface area contributed by atoms with Crippen LogP contribution in [-0.4, -0.2) is 24.1 Å². The largest absolute Gasteiger partial charge is 0.461 e. The van der Waals surface area contributed by atoms with Gasteiger partial charge >= 0.3 is 5.97 Å². The van der Waals surface area contributed by atoms with Crippen LogP contribution in [0.4, 0.5) is 0 Å². The van der Waals surface area contributed by atoms with Crippen LogP contribution in [0.15, 0.2) is 24.3 Å². The maximum Gasteiger partial charge on any atom is 0.309 e. The number of allylic oxidation sites excluding steroid dienone is 2. The summed E-state index contributed by atoms with van der Waals surface area (Å²) in [5.41, 5.74) is 0.804. The molecule has 4 heteroatoms. The molecule has 0 aromatic carbocycles. The standard InChI is InChI=1S/C23H30O4/c1-4-11-27-21(26)14-7-9-22(2)15(12-14)13-18(24)20-16-5-6-19(25)23(16,3)10-8-17(20)22/h4,13-14,16-17,20H,1,5-12H2,2-3H3/t14-,16-,17-,20-,22-,23-/m0/s1. The first kappa shape index (κ1) is 18.6. The topological polar surface area (TPSA) is 60.4 Å². The quantitative estimate of drug-likeness (QED) is 0.556. The molecule has 0 aliphatic heterocycles. The summed E-state index contributed by atoms with van der Waals surface area (Å²) in [6.07, 6.45) is 9.10. The van der Waals surface area contributed by atoms with Gasteiger partial charge in [0.05, 0.1) is 5.92 Å². The highest BCUT2D eigenvalue weighted by atomic mass is 16.5. The summed E-state index contributed by atoms with van der Waals surface area (Å²) in [5.74, 6) is 0.694. The molecule has 0 unspecified atom stereocenters. The van der Waals surface area contributed by atoms with Gasteiger partial charge in [-0.3, -0.25) is 14.4 Å². The molecule has 3 saturated carbocycles. The SMILES string of the molecule is C=CCOC(=O)[C@H]1CC[C@@]2(C)C(=CC(=O)[C@@H]3[C@@H]2CC[C@]2(C)C(=O)CC[C@@H]32)C1. The zero-order valence-electron chi connectivity index (χ0n) is 16.5. The van der Waals surface area contributed by atoms with Gasteiger partial charge in [0.2, 0.25) is 0 Å². The third-order valence-corrected chi connectivity index (χ3v) is 8.33. The second kappa shape index (κ2) is 6.42. The number of hydrogen-bond acceptors (Lipinski definition) is 4. The van der Waals surface area contributed by atoms with Crippen molar-refractivity contribution in [3.8, 4) is 0 Å². The molecular weight excluding hydrogens is 340 g/mol. The Kier molecular flexibility index (Phi) is 4.44. The fraction of sp³-hybridized carbons (Fsp3) is 0.696. The van der Waals surface area contributed by atoms with Crippen LogP contribution in [-0.2, 0) is 19.1 Å². The van der Waals surface area contributed by atoms with Crippen molar-refractivity contribution >= 4 is 17.5 Å². The molecule has 4 nitrogen and oxygen atoms in total. The predicted molar refractivity (Wildman–Crippen MR) is 102 cm³/mol. The lowest BCUT2D eigenvalue weighted by atomic mass is 9.47. The fourth-order valence-corrected chi connectivity index (χ4v) is 6.64. The number of carbonyl (C=O) groups excluding carboxylic acids is 3. The minimum Gasteiger partial charge on any atom is -0.461 e. The summed E-state index contributed by atoms with van der Waals surface area (Å²) in [7, 11) is 0. The number of fused-ring (bicyclic) bond motifs is 5. The van der Waals surface area contributed by atoms with Gasteiger partial charge in [-0.25, -0.2) is 0 Å². The second-order valence-corrected chi connectivity index (χ2v) is 9.50. The van der Waals surface area contributed by atoms with Crippen LogP contribution >= 0.6 is 0 Å². The maximum atomic E-state index is 13.1. The van der Waals surface area contributed by atoms with Crippen LogP contribution in [0, 0.1) is 34.5 Å². The third kappa shape index (κ3) is 2.67. The average Bonchev–Trinajstić information content (AvgIpc) is 2.95. The van der Waals surface area contributed by atoms with Gasteiger partial charge in [-0.15, -0.1) is 0 Å². The van der Waals surface area contributed by atoms with Crippen molar-refractivity contribution in [3.05, 3.63) is 24.3 Å². The van der Waals surface area contributed by atoms with Crippen molar-refractivity contribution in [2.45, 2.75) is 58.8 Å². The number of hydrogen-bond donors (Lipinski definition) is 0. The van der Waals surface area contributed by atoms with Crippen LogP contribution < -0.4 is 0 Å². The Hall–Kier alpha value is -1.71. The van der Waals surface area contributed by atoms with Crippen molar-refractivity contribution < 1.29 is 19.1 Å². The van der Waals surface area contributed by atoms with Gasteiger partial charge in [0.15, 0.2) is 5.78 Å². The zero-order valence-corrected chi connectivity index (χ0v) is 16.5. The Labute approximate surface area is 161 Å². The number of esters is 1. The van der Waals surface area contributed by atoms with Gasteiger partial charge in [0.1, 0.15) is 12.4 Å². The summed E-state index contributed by atoms with van der Waals surface area (Å²) < 4.78 is 5.25. The van der Waals surface area contributed by atoms with Crippen LogP contribution in [0.2, 0.25) is 0 Å². The number of rotatable bonds is 3. The van der Waals surface area contributed by atoms with Crippen LogP contribution in [0.25, 0.3) is 0 Å². The van der Waals surface area contributed by atoms with Gasteiger partial charge < -0.3 is 4.74 Å². The van der Waals surface area contributed by atoms with Gasteiger partial charge in [0.25, 0.3) is 0 Å². The van der Waals surface area contributed by atoms with Gasteiger partial charge in [-0.05, 0) is 61.9 Å². The van der Waals surface area contributed by atoms with Crippen LogP contribution in [0.3, 0.4) is 0 Å². The van der Waals surface area contributed by atoms with Gasteiger partial charge in [-0.2, -0.15) is 0 Å². The summed E-state index contributed by atoms with van der Waals surface area (Å²) in [6.45, 7) is 8.20. The van der Waals surface area contributed by atoms with E-state index in [0.717, 1.165) is 37.7 Å². The van der Waals surface area contributed by atoms with Crippen molar-refractivity contribution in [1.29, 1.82) is 0 Å². The Morgan fingerprint density at radius 1 is 1.19 bits per heavy atom. The number of carbonyl (C=O) groups is 3. The molecule has 3 fully saturated rings. The number of ketones is 2. The highest BCUT2D eigenvalue weighted by Crippen LogP contribution is 2.63. The van der Waals surface area contributed by atoms with Crippen LogP contribution in [0.5, 0.6) is 0 Å². The summed E-state index contributed by atoms with van der Waals surface area (Å²) >= 11 is 0. The lowest BCUT2D eigenvalue weighted by Crippen LogP contribution is -2.53. The normalized spacial score (nSPS) is 43.3. The molecule has 0 spiro atoms. The summed E-state index contributed by atoms with van der Waals surface area (Å²) in [6, 6.07) is 0. The van der Waals surface area contributed by atoms with Crippen LogP contribution in [0.1, 0.15) is 58.8 Å². The minimum atomic E-state index is -0.301. The molecule has 0 aromatic rings. The Bertz CT molecular complexity index is 735. The third-order valence-electron chi connectivity index (χ3n) is 8.33. The second-order valence-electron chi connectivity index (χ2n) is 9.50. The first-order valence-electron chi connectivity index (χ1n) is 10.4. The molecule has 0 bridgehead atoms. The highest BCUT2D eigenvalue weighted by Gasteiger charge is 2.61. The molecule has 0 saturated heterocycles. The first-order valence-corrected chi connectivity index (χ1v) is 10.4. The molecule has 4 rings (SSSR count). The predicted octanol–water partition coefficient (Wildman–Crippen LogP) is 4.04. The summed E-state index contributed by atoms with van der Waals surface area (Å²) in [5, 5.41) is 0. The van der Waals surface area contributed by atoms with E-state index in [4.69, 9.17) is 4.74 Å². The van der Waals surface area contributed by atoms with E-state index in [2.05, 4.69) is 20.4 Å². The molecule has 4 aliphatic rings. The van der Waals surface area contributed by atoms with Crippen molar-refractivity contribution in [2.24, 2.45) is 34.5 Å². The van der Waals surface area contributed by atoms with E-state index in [-0.39, 0.29) is 46.9 Å². The lowest BCUT2D eigenvalue weighted by Gasteiger charge is -2.55. The van der Waals surface area contributed by atoms with Gasteiger partial charge in [-0.1, -0.05) is 32.1 Å². The minimum absolute atomic E-state index is 0.0202. The number of ether oxygens (including phenoxy) is 1. The molecule has 0 aromatic heterocycles. The van der Waals surface area contributed by atoms with E-state index in [1.807, 2.05) is 6.08 Å². The van der Waals surface area contributed by atoms with Gasteiger partial charge in [0, 0.05) is 17.8 Å².